The van der Waals surface area contributed by atoms with Crippen molar-refractivity contribution in [3.63, 3.8) is 0 Å². The van der Waals surface area contributed by atoms with Crippen molar-refractivity contribution in [1.29, 1.82) is 0 Å². The number of anilines is 1. The molecule has 0 aromatic carbocycles. The van der Waals surface area contributed by atoms with Gasteiger partial charge in [0.1, 0.15) is 11.5 Å². The quantitative estimate of drug-likeness (QED) is 0.827. The van der Waals surface area contributed by atoms with Crippen LogP contribution in [-0.4, -0.2) is 24.0 Å². The molecule has 1 saturated carbocycles. The number of nitrogens with zero attached hydrogens (tertiary/aromatic N) is 1. The Morgan fingerprint density at radius 3 is 2.84 bits per heavy atom. The summed E-state index contributed by atoms with van der Waals surface area (Å²) in [6.07, 6.45) is 2.23. The van der Waals surface area contributed by atoms with E-state index in [1.54, 1.807) is 6.07 Å². The van der Waals surface area contributed by atoms with Gasteiger partial charge in [-0.05, 0) is 36.3 Å². The summed E-state index contributed by atoms with van der Waals surface area (Å²) in [6.45, 7) is 8.18. The Kier molecular flexibility index (Phi) is 4.08. The molecule has 1 amide bonds. The van der Waals surface area contributed by atoms with Crippen LogP contribution in [0.1, 0.15) is 44.1 Å². The van der Waals surface area contributed by atoms with Crippen molar-refractivity contribution in [2.24, 2.45) is 11.3 Å². The second-order valence-corrected chi connectivity index (χ2v) is 5.93. The summed E-state index contributed by atoms with van der Waals surface area (Å²) in [6, 6.07) is 5.50. The topological polar surface area (TPSA) is 54.0 Å². The van der Waals surface area contributed by atoms with E-state index in [2.05, 4.69) is 36.4 Å². The molecule has 1 aromatic heterocycles. The lowest BCUT2D eigenvalue weighted by atomic mass is 10.1. The molecule has 1 aliphatic carbocycles. The number of aromatic nitrogens is 1. The van der Waals surface area contributed by atoms with Crippen LogP contribution >= 0.6 is 0 Å². The highest BCUT2D eigenvalue weighted by molar-refractivity contribution is 5.92. The minimum absolute atomic E-state index is 0.0807. The summed E-state index contributed by atoms with van der Waals surface area (Å²) in [7, 11) is 0. The fourth-order valence-electron chi connectivity index (χ4n) is 2.14. The molecule has 1 heterocycles. The fraction of sp³-hybridized carbons (Fsp3) is 0.600. The van der Waals surface area contributed by atoms with Crippen LogP contribution < -0.4 is 10.6 Å². The normalized spacial score (nSPS) is 19.8. The van der Waals surface area contributed by atoms with E-state index in [-0.39, 0.29) is 5.91 Å². The number of amides is 1. The molecular formula is C15H23N3O. The van der Waals surface area contributed by atoms with Crippen LogP contribution in [0.4, 0.5) is 5.82 Å². The van der Waals surface area contributed by atoms with Gasteiger partial charge >= 0.3 is 0 Å². The van der Waals surface area contributed by atoms with Gasteiger partial charge in [-0.25, -0.2) is 4.98 Å². The van der Waals surface area contributed by atoms with Gasteiger partial charge in [0, 0.05) is 13.1 Å². The van der Waals surface area contributed by atoms with Gasteiger partial charge in [0.05, 0.1) is 0 Å². The largest absolute Gasteiger partial charge is 0.370 e. The van der Waals surface area contributed by atoms with Crippen LogP contribution in [0.3, 0.4) is 0 Å². The second-order valence-electron chi connectivity index (χ2n) is 5.93. The van der Waals surface area contributed by atoms with Crippen LogP contribution in [-0.2, 0) is 0 Å². The Labute approximate surface area is 115 Å². The standard InChI is InChI=1S/C15H23N3O/c1-4-8-16-13-7-5-6-12(18-13)14(19)17-10-11-9-15(11,2)3/h5-7,11H,4,8-10H2,1-3H3,(H,16,18)(H,17,19). The molecule has 104 valence electrons. The average Bonchev–Trinajstić information content (AvgIpc) is 3.01. The predicted molar refractivity (Wildman–Crippen MR) is 77.2 cm³/mol. The van der Waals surface area contributed by atoms with Crippen molar-refractivity contribution < 1.29 is 4.79 Å². The fourth-order valence-corrected chi connectivity index (χ4v) is 2.14. The lowest BCUT2D eigenvalue weighted by Crippen LogP contribution is -2.27. The molecule has 0 spiro atoms. The van der Waals surface area contributed by atoms with Crippen molar-refractivity contribution in [2.45, 2.75) is 33.6 Å². The van der Waals surface area contributed by atoms with E-state index in [4.69, 9.17) is 0 Å². The summed E-state index contributed by atoms with van der Waals surface area (Å²) >= 11 is 0. The van der Waals surface area contributed by atoms with E-state index in [0.717, 1.165) is 25.3 Å². The number of pyridine rings is 1. The van der Waals surface area contributed by atoms with Crippen molar-refractivity contribution >= 4 is 11.7 Å². The van der Waals surface area contributed by atoms with E-state index in [1.807, 2.05) is 12.1 Å². The highest BCUT2D eigenvalue weighted by Crippen LogP contribution is 2.50. The van der Waals surface area contributed by atoms with E-state index in [1.165, 1.54) is 6.42 Å². The first-order chi connectivity index (χ1) is 9.03. The average molecular weight is 261 g/mol. The number of carbonyl (C=O) groups excluding carboxylic acids is 1. The van der Waals surface area contributed by atoms with Gasteiger partial charge in [-0.2, -0.15) is 0 Å². The third-order valence-corrected chi connectivity index (χ3v) is 3.76. The van der Waals surface area contributed by atoms with Gasteiger partial charge in [0.25, 0.3) is 5.91 Å². The zero-order valence-corrected chi connectivity index (χ0v) is 12.0. The third-order valence-electron chi connectivity index (χ3n) is 3.76. The lowest BCUT2D eigenvalue weighted by molar-refractivity contribution is 0.0945. The smallest absolute Gasteiger partial charge is 0.269 e. The van der Waals surface area contributed by atoms with Gasteiger partial charge in [-0.15, -0.1) is 0 Å². The second kappa shape index (κ2) is 5.59. The van der Waals surface area contributed by atoms with Crippen molar-refractivity contribution in [3.8, 4) is 0 Å². The van der Waals surface area contributed by atoms with Gasteiger partial charge in [0.15, 0.2) is 0 Å². The Hall–Kier alpha value is -1.58. The van der Waals surface area contributed by atoms with Crippen LogP contribution in [0.25, 0.3) is 0 Å². The molecule has 19 heavy (non-hydrogen) atoms. The Morgan fingerprint density at radius 2 is 2.21 bits per heavy atom. The zero-order valence-electron chi connectivity index (χ0n) is 12.0. The van der Waals surface area contributed by atoms with Crippen molar-refractivity contribution in [3.05, 3.63) is 23.9 Å². The maximum atomic E-state index is 12.0. The molecule has 0 radical (unpaired) electrons. The Bertz CT molecular complexity index is 456. The first-order valence-corrected chi connectivity index (χ1v) is 7.02. The number of carbonyl (C=O) groups is 1. The first kappa shape index (κ1) is 13.8. The monoisotopic (exact) mass is 261 g/mol. The van der Waals surface area contributed by atoms with Crippen LogP contribution in [0, 0.1) is 11.3 Å². The van der Waals surface area contributed by atoms with E-state index in [0.29, 0.717) is 17.0 Å². The molecule has 4 heteroatoms. The maximum absolute atomic E-state index is 12.0. The van der Waals surface area contributed by atoms with Gasteiger partial charge in [-0.1, -0.05) is 26.8 Å². The Morgan fingerprint density at radius 1 is 1.47 bits per heavy atom. The van der Waals surface area contributed by atoms with Crippen LogP contribution in [0.2, 0.25) is 0 Å². The van der Waals surface area contributed by atoms with E-state index < -0.39 is 0 Å². The minimum Gasteiger partial charge on any atom is -0.370 e. The van der Waals surface area contributed by atoms with E-state index in [9.17, 15) is 4.79 Å². The van der Waals surface area contributed by atoms with E-state index >= 15 is 0 Å². The summed E-state index contributed by atoms with van der Waals surface area (Å²) in [5.41, 5.74) is 0.880. The molecule has 4 nitrogen and oxygen atoms in total. The van der Waals surface area contributed by atoms with Crippen LogP contribution in [0.5, 0.6) is 0 Å². The van der Waals surface area contributed by atoms with Crippen LogP contribution in [0.15, 0.2) is 18.2 Å². The molecule has 1 unspecified atom stereocenters. The highest BCUT2D eigenvalue weighted by Gasteiger charge is 2.45. The number of nitrogens with one attached hydrogen (secondary N) is 2. The summed E-state index contributed by atoms with van der Waals surface area (Å²) in [4.78, 5) is 16.3. The van der Waals surface area contributed by atoms with Gasteiger partial charge in [0.2, 0.25) is 0 Å². The maximum Gasteiger partial charge on any atom is 0.269 e. The predicted octanol–water partition coefficient (Wildman–Crippen LogP) is 2.68. The highest BCUT2D eigenvalue weighted by atomic mass is 16.1. The molecule has 0 bridgehead atoms. The SMILES string of the molecule is CCCNc1cccc(C(=O)NCC2CC2(C)C)n1. The minimum atomic E-state index is -0.0807. The molecule has 2 rings (SSSR count). The molecule has 1 atom stereocenters. The summed E-state index contributed by atoms with van der Waals surface area (Å²) < 4.78 is 0. The molecule has 1 aromatic rings. The third kappa shape index (κ3) is 3.69. The Balaban J connectivity index is 1.88. The van der Waals surface area contributed by atoms with Gasteiger partial charge < -0.3 is 10.6 Å². The number of rotatable bonds is 6. The number of hydrogen-bond donors (Lipinski definition) is 2. The molecule has 2 N–H and O–H groups in total. The zero-order chi connectivity index (χ0) is 13.9. The molecule has 1 fully saturated rings. The van der Waals surface area contributed by atoms with Crippen molar-refractivity contribution in [2.75, 3.05) is 18.4 Å². The molecular weight excluding hydrogens is 238 g/mol. The van der Waals surface area contributed by atoms with Crippen molar-refractivity contribution in [1.82, 2.24) is 10.3 Å². The molecule has 1 aliphatic rings. The van der Waals surface area contributed by atoms with Gasteiger partial charge in [-0.3, -0.25) is 4.79 Å². The summed E-state index contributed by atoms with van der Waals surface area (Å²) in [5.74, 6) is 1.29. The first-order valence-electron chi connectivity index (χ1n) is 7.02. The number of hydrogen-bond acceptors (Lipinski definition) is 3. The summed E-state index contributed by atoms with van der Waals surface area (Å²) in [5, 5.41) is 6.16. The molecule has 0 saturated heterocycles. The lowest BCUT2D eigenvalue weighted by Gasteiger charge is -2.08. The molecule has 0 aliphatic heterocycles.